The van der Waals surface area contributed by atoms with Crippen LogP contribution in [0.25, 0.3) is 0 Å². The Morgan fingerprint density at radius 2 is 1.58 bits per heavy atom. The molecule has 0 N–H and O–H groups in total. The zero-order chi connectivity index (χ0) is 13.9. The van der Waals surface area contributed by atoms with Crippen LogP contribution < -0.4 is 0 Å². The second-order valence-corrected chi connectivity index (χ2v) is 3.90. The maximum atomic E-state index is 8.12. The Hall–Kier alpha value is -2.51. The molecule has 0 heterocycles. The fraction of sp³-hybridized carbons (Fsp3) is 0.125. The quantitative estimate of drug-likeness (QED) is 0.789. The van der Waals surface area contributed by atoms with Crippen LogP contribution in [-0.4, -0.2) is 12.4 Å². The summed E-state index contributed by atoms with van der Waals surface area (Å²) in [5, 5.41) is 0. The van der Waals surface area contributed by atoms with Gasteiger partial charge in [-0.05, 0) is 23.6 Å². The summed E-state index contributed by atoms with van der Waals surface area (Å²) in [6.07, 6.45) is 2.20. The molecule has 2 rings (SSSR count). The molecule has 0 saturated heterocycles. The monoisotopic (exact) mass is 253 g/mol. The lowest BCUT2D eigenvalue weighted by Gasteiger charge is -1.98. The molecule has 0 bridgehead atoms. The molecule has 0 aliphatic heterocycles. The van der Waals surface area contributed by atoms with Crippen molar-refractivity contribution in [1.82, 2.24) is 0 Å². The van der Waals surface area contributed by atoms with Gasteiger partial charge in [-0.1, -0.05) is 54.6 Å². The number of hydrogen-bond acceptors (Lipinski definition) is 3. The van der Waals surface area contributed by atoms with Crippen molar-refractivity contribution in [2.75, 3.05) is 0 Å². The van der Waals surface area contributed by atoms with E-state index in [1.54, 1.807) is 0 Å². The first-order valence-electron chi connectivity index (χ1n) is 5.86. The highest BCUT2D eigenvalue weighted by molar-refractivity contribution is 5.81. The highest BCUT2D eigenvalue weighted by Gasteiger charge is 1.91. The molecule has 19 heavy (non-hydrogen) atoms. The van der Waals surface area contributed by atoms with Gasteiger partial charge in [0.1, 0.15) is 0 Å². The van der Waals surface area contributed by atoms with E-state index in [0.717, 1.165) is 6.54 Å². The number of aryl methyl sites for hydroxylation is 1. The van der Waals surface area contributed by atoms with Crippen LogP contribution in [0.2, 0.25) is 0 Å². The molecule has 0 atom stereocenters. The Bertz CT molecular complexity index is 556. The lowest BCUT2D eigenvalue weighted by Crippen LogP contribution is -1.87. The van der Waals surface area contributed by atoms with Crippen molar-refractivity contribution in [3.63, 3.8) is 0 Å². The molecule has 0 unspecified atom stereocenters. The standard InChI is InChI=1S/C15H15N.CO2/c1-13-7-5-6-10-15(13)12-16-11-14-8-3-2-4-9-14;2-1-3/h2-10,12H,11H2,1H3;. The molecule has 0 saturated carbocycles. The third kappa shape index (κ3) is 5.57. The van der Waals surface area contributed by atoms with E-state index in [4.69, 9.17) is 9.59 Å². The highest BCUT2D eigenvalue weighted by atomic mass is 16.2. The second-order valence-electron chi connectivity index (χ2n) is 3.90. The normalized spacial score (nSPS) is 9.53. The van der Waals surface area contributed by atoms with Crippen molar-refractivity contribution in [2.45, 2.75) is 13.5 Å². The summed E-state index contributed by atoms with van der Waals surface area (Å²) in [5.74, 6) is 0. The lowest BCUT2D eigenvalue weighted by atomic mass is 10.1. The fourth-order valence-corrected chi connectivity index (χ4v) is 1.56. The Kier molecular flexibility index (Phi) is 6.56. The third-order valence-corrected chi connectivity index (χ3v) is 2.54. The number of rotatable bonds is 3. The molecule has 0 amide bonds. The van der Waals surface area contributed by atoms with Gasteiger partial charge in [-0.15, -0.1) is 0 Å². The highest BCUT2D eigenvalue weighted by Crippen LogP contribution is 2.05. The summed E-state index contributed by atoms with van der Waals surface area (Å²) in [5.41, 5.74) is 3.70. The van der Waals surface area contributed by atoms with Crippen LogP contribution >= 0.6 is 0 Å². The summed E-state index contributed by atoms with van der Waals surface area (Å²) >= 11 is 0. The molecule has 3 heteroatoms. The minimum absolute atomic E-state index is 0.250. The van der Waals surface area contributed by atoms with Crippen molar-refractivity contribution in [2.24, 2.45) is 4.99 Å². The third-order valence-electron chi connectivity index (χ3n) is 2.54. The van der Waals surface area contributed by atoms with Gasteiger partial charge in [-0.25, -0.2) is 0 Å². The molecular weight excluding hydrogens is 238 g/mol. The van der Waals surface area contributed by atoms with Crippen molar-refractivity contribution in [3.8, 4) is 0 Å². The summed E-state index contributed by atoms with van der Waals surface area (Å²) in [4.78, 5) is 20.7. The molecule has 2 aromatic rings. The molecule has 0 aliphatic rings. The molecule has 0 fully saturated rings. The molecule has 0 spiro atoms. The van der Waals surface area contributed by atoms with Crippen LogP contribution in [0.15, 0.2) is 59.6 Å². The summed E-state index contributed by atoms with van der Waals surface area (Å²) < 4.78 is 0. The molecule has 3 nitrogen and oxygen atoms in total. The van der Waals surface area contributed by atoms with E-state index in [1.165, 1.54) is 16.7 Å². The minimum atomic E-state index is 0.250. The zero-order valence-corrected chi connectivity index (χ0v) is 10.7. The molecule has 0 radical (unpaired) electrons. The number of nitrogens with zero attached hydrogens (tertiary/aromatic N) is 1. The SMILES string of the molecule is Cc1ccccc1C=NCc1ccccc1.O=C=O. The molecule has 0 aliphatic carbocycles. The van der Waals surface area contributed by atoms with Crippen LogP contribution in [0, 0.1) is 6.92 Å². The van der Waals surface area contributed by atoms with Gasteiger partial charge in [0.15, 0.2) is 0 Å². The number of aliphatic imine (C=N–C) groups is 1. The number of hydrogen-bond donors (Lipinski definition) is 0. The Labute approximate surface area is 112 Å². The van der Waals surface area contributed by atoms with E-state index in [9.17, 15) is 0 Å². The van der Waals surface area contributed by atoms with Gasteiger partial charge in [0, 0.05) is 6.21 Å². The molecule has 0 aromatic heterocycles. The summed E-state index contributed by atoms with van der Waals surface area (Å²) in [6.45, 7) is 2.85. The van der Waals surface area contributed by atoms with Gasteiger partial charge in [0.25, 0.3) is 0 Å². The Morgan fingerprint density at radius 1 is 1.00 bits per heavy atom. The first-order chi connectivity index (χ1) is 9.27. The Balaban J connectivity index is 0.000000550. The van der Waals surface area contributed by atoms with Gasteiger partial charge in [-0.2, -0.15) is 9.59 Å². The topological polar surface area (TPSA) is 46.5 Å². The second kappa shape index (κ2) is 8.56. The van der Waals surface area contributed by atoms with E-state index in [1.807, 2.05) is 36.5 Å². The number of benzene rings is 2. The maximum Gasteiger partial charge on any atom is 0.373 e. The van der Waals surface area contributed by atoms with E-state index in [0.29, 0.717) is 0 Å². The van der Waals surface area contributed by atoms with E-state index in [2.05, 4.69) is 36.2 Å². The van der Waals surface area contributed by atoms with Gasteiger partial charge in [0.2, 0.25) is 0 Å². The van der Waals surface area contributed by atoms with Crippen LogP contribution in [-0.2, 0) is 16.1 Å². The largest absolute Gasteiger partial charge is 0.373 e. The van der Waals surface area contributed by atoms with Gasteiger partial charge < -0.3 is 0 Å². The summed E-state index contributed by atoms with van der Waals surface area (Å²) in [6, 6.07) is 18.6. The van der Waals surface area contributed by atoms with Crippen LogP contribution in [0.5, 0.6) is 0 Å². The smallest absolute Gasteiger partial charge is 0.288 e. The van der Waals surface area contributed by atoms with Crippen LogP contribution in [0.3, 0.4) is 0 Å². The van der Waals surface area contributed by atoms with Crippen molar-refractivity contribution in [3.05, 3.63) is 71.3 Å². The lowest BCUT2D eigenvalue weighted by molar-refractivity contribution is -0.191. The van der Waals surface area contributed by atoms with Crippen LogP contribution in [0.1, 0.15) is 16.7 Å². The first-order valence-corrected chi connectivity index (χ1v) is 5.86. The van der Waals surface area contributed by atoms with Gasteiger partial charge in [-0.3, -0.25) is 4.99 Å². The predicted molar refractivity (Wildman–Crippen MR) is 73.9 cm³/mol. The maximum absolute atomic E-state index is 8.12. The number of carbonyl (C=O) groups excluding carboxylic acids is 2. The molecule has 96 valence electrons. The van der Waals surface area contributed by atoms with Crippen molar-refractivity contribution in [1.29, 1.82) is 0 Å². The Morgan fingerprint density at radius 3 is 2.21 bits per heavy atom. The van der Waals surface area contributed by atoms with E-state index >= 15 is 0 Å². The molecular formula is C16H15NO2. The van der Waals surface area contributed by atoms with Crippen molar-refractivity contribution >= 4 is 12.4 Å². The predicted octanol–water partition coefficient (Wildman–Crippen LogP) is 3.03. The zero-order valence-electron chi connectivity index (χ0n) is 10.7. The van der Waals surface area contributed by atoms with Crippen molar-refractivity contribution < 1.29 is 9.59 Å². The van der Waals surface area contributed by atoms with E-state index in [-0.39, 0.29) is 6.15 Å². The first kappa shape index (κ1) is 14.6. The molecule has 2 aromatic carbocycles. The van der Waals surface area contributed by atoms with Gasteiger partial charge in [0.05, 0.1) is 6.54 Å². The van der Waals surface area contributed by atoms with Gasteiger partial charge >= 0.3 is 6.15 Å². The van der Waals surface area contributed by atoms with E-state index < -0.39 is 0 Å². The average molecular weight is 253 g/mol. The van der Waals surface area contributed by atoms with Crippen LogP contribution in [0.4, 0.5) is 0 Å². The fourth-order valence-electron chi connectivity index (χ4n) is 1.56. The summed E-state index contributed by atoms with van der Waals surface area (Å²) in [7, 11) is 0. The average Bonchev–Trinajstić information content (AvgIpc) is 2.43. The minimum Gasteiger partial charge on any atom is -0.288 e.